The van der Waals surface area contributed by atoms with Crippen molar-refractivity contribution in [2.75, 3.05) is 9.80 Å². The van der Waals surface area contributed by atoms with Gasteiger partial charge in [-0.1, -0.05) is 140 Å². The molecule has 0 amide bonds. The predicted molar refractivity (Wildman–Crippen MR) is 268 cm³/mol. The highest BCUT2D eigenvalue weighted by Gasteiger charge is 2.20. The summed E-state index contributed by atoms with van der Waals surface area (Å²) >= 11 is 0. The minimum Gasteiger partial charge on any atom is -0.456 e. The number of hydrogen-bond donors (Lipinski definition) is 0. The molecular formula is C60H41N3O. The van der Waals surface area contributed by atoms with E-state index in [1.54, 1.807) is 0 Å². The Balaban J connectivity index is 1.00. The van der Waals surface area contributed by atoms with E-state index in [-0.39, 0.29) is 0 Å². The standard InChI is InChI=1S/C60H41N3O/c1-5-16-42(17-6-1)43-28-32-49(33-29-43)62(51-25-15-24-50(40-51)61(46-18-7-2-8-19-46)47-20-9-3-10-21-47)52-34-37-60-56(41-52)55-38-44(31-36-59(55)64-60)45-30-35-54-53-26-13-14-27-57(53)63(58(54)39-45)48-22-11-4-12-23-48/h1-41H. The minimum atomic E-state index is 0.850. The Kier molecular flexibility index (Phi) is 9.12. The van der Waals surface area contributed by atoms with Crippen molar-refractivity contribution in [2.45, 2.75) is 0 Å². The van der Waals surface area contributed by atoms with Crippen LogP contribution in [0.3, 0.4) is 0 Å². The monoisotopic (exact) mass is 819 g/mol. The quantitative estimate of drug-likeness (QED) is 0.145. The van der Waals surface area contributed by atoms with E-state index in [0.29, 0.717) is 0 Å². The first-order valence-electron chi connectivity index (χ1n) is 21.7. The van der Waals surface area contributed by atoms with E-state index >= 15 is 0 Å². The molecule has 0 bridgehead atoms. The van der Waals surface area contributed by atoms with Gasteiger partial charge in [0.15, 0.2) is 0 Å². The lowest BCUT2D eigenvalue weighted by Crippen LogP contribution is -2.13. The van der Waals surface area contributed by atoms with E-state index in [0.717, 1.165) is 72.9 Å². The molecule has 0 atom stereocenters. The molecule has 0 radical (unpaired) electrons. The molecule has 4 nitrogen and oxygen atoms in total. The van der Waals surface area contributed by atoms with Crippen LogP contribution in [-0.2, 0) is 0 Å². The zero-order valence-corrected chi connectivity index (χ0v) is 34.9. The number of fused-ring (bicyclic) bond motifs is 6. The van der Waals surface area contributed by atoms with Gasteiger partial charge in [-0.3, -0.25) is 0 Å². The van der Waals surface area contributed by atoms with E-state index in [1.165, 1.54) is 32.9 Å². The van der Waals surface area contributed by atoms with Gasteiger partial charge in [0.25, 0.3) is 0 Å². The van der Waals surface area contributed by atoms with Crippen molar-refractivity contribution in [1.29, 1.82) is 0 Å². The summed E-state index contributed by atoms with van der Waals surface area (Å²) in [5.74, 6) is 0. The molecule has 0 aliphatic rings. The molecule has 0 saturated carbocycles. The molecule has 0 spiro atoms. The average molecular weight is 820 g/mol. The summed E-state index contributed by atoms with van der Waals surface area (Å²) in [6.45, 7) is 0. The lowest BCUT2D eigenvalue weighted by molar-refractivity contribution is 0.669. The Morgan fingerprint density at radius 3 is 1.42 bits per heavy atom. The third-order valence-corrected chi connectivity index (χ3v) is 12.3. The second-order valence-corrected chi connectivity index (χ2v) is 16.2. The van der Waals surface area contributed by atoms with Crippen molar-refractivity contribution in [1.82, 2.24) is 4.57 Å². The van der Waals surface area contributed by atoms with Crippen LogP contribution in [0.1, 0.15) is 0 Å². The minimum absolute atomic E-state index is 0.850. The van der Waals surface area contributed by atoms with Gasteiger partial charge in [-0.15, -0.1) is 0 Å². The highest BCUT2D eigenvalue weighted by Crippen LogP contribution is 2.43. The fraction of sp³-hybridized carbons (Fsp3) is 0. The van der Waals surface area contributed by atoms with Crippen LogP contribution >= 0.6 is 0 Å². The van der Waals surface area contributed by atoms with E-state index < -0.39 is 0 Å². The molecule has 0 aliphatic heterocycles. The normalized spacial score (nSPS) is 11.4. The van der Waals surface area contributed by atoms with Crippen molar-refractivity contribution in [2.24, 2.45) is 0 Å². The Morgan fingerprint density at radius 2 is 0.719 bits per heavy atom. The number of para-hydroxylation sites is 4. The van der Waals surface area contributed by atoms with E-state index in [2.05, 4.69) is 263 Å². The second-order valence-electron chi connectivity index (χ2n) is 16.2. The summed E-state index contributed by atoms with van der Waals surface area (Å²) in [7, 11) is 0. The Bertz CT molecular complexity index is 3560. The highest BCUT2D eigenvalue weighted by atomic mass is 16.3. The molecule has 2 heterocycles. The Hall–Kier alpha value is -8.60. The molecule has 64 heavy (non-hydrogen) atoms. The van der Waals surface area contributed by atoms with Crippen molar-refractivity contribution in [3.8, 4) is 27.9 Å². The van der Waals surface area contributed by atoms with Crippen LogP contribution in [0.25, 0.3) is 71.7 Å². The fourth-order valence-corrected chi connectivity index (χ4v) is 9.34. The third-order valence-electron chi connectivity index (χ3n) is 12.3. The van der Waals surface area contributed by atoms with Crippen LogP contribution in [0.2, 0.25) is 0 Å². The zero-order valence-electron chi connectivity index (χ0n) is 34.9. The number of benzene rings is 10. The Labute approximate surface area is 371 Å². The molecule has 10 aromatic carbocycles. The van der Waals surface area contributed by atoms with Gasteiger partial charge >= 0.3 is 0 Å². The number of aromatic nitrogens is 1. The van der Waals surface area contributed by atoms with Gasteiger partial charge in [0.05, 0.1) is 11.0 Å². The van der Waals surface area contributed by atoms with E-state index in [1.807, 2.05) is 0 Å². The largest absolute Gasteiger partial charge is 0.456 e. The van der Waals surface area contributed by atoms with Crippen LogP contribution < -0.4 is 9.80 Å². The summed E-state index contributed by atoms with van der Waals surface area (Å²) in [6, 6.07) is 88.7. The molecule has 0 aliphatic carbocycles. The lowest BCUT2D eigenvalue weighted by Gasteiger charge is -2.29. The molecule has 0 unspecified atom stereocenters. The van der Waals surface area contributed by atoms with Gasteiger partial charge in [-0.05, 0) is 131 Å². The van der Waals surface area contributed by atoms with Gasteiger partial charge in [0, 0.05) is 61.4 Å². The lowest BCUT2D eigenvalue weighted by atomic mass is 10.0. The first-order chi connectivity index (χ1) is 31.7. The van der Waals surface area contributed by atoms with Gasteiger partial charge in [-0.25, -0.2) is 0 Å². The van der Waals surface area contributed by atoms with E-state index in [4.69, 9.17) is 4.42 Å². The van der Waals surface area contributed by atoms with Crippen molar-refractivity contribution in [3.63, 3.8) is 0 Å². The van der Waals surface area contributed by atoms with Crippen LogP contribution in [0.4, 0.5) is 34.1 Å². The van der Waals surface area contributed by atoms with Crippen molar-refractivity contribution < 1.29 is 4.42 Å². The number of nitrogens with zero attached hydrogens (tertiary/aromatic N) is 3. The molecule has 12 aromatic rings. The maximum absolute atomic E-state index is 6.56. The summed E-state index contributed by atoms with van der Waals surface area (Å²) < 4.78 is 8.94. The molecule has 0 N–H and O–H groups in total. The number of furan rings is 1. The zero-order chi connectivity index (χ0) is 42.4. The first kappa shape index (κ1) is 37.2. The van der Waals surface area contributed by atoms with Crippen molar-refractivity contribution in [3.05, 3.63) is 249 Å². The van der Waals surface area contributed by atoms with Crippen LogP contribution in [-0.4, -0.2) is 4.57 Å². The smallest absolute Gasteiger partial charge is 0.135 e. The molecule has 12 rings (SSSR count). The summed E-state index contributed by atoms with van der Waals surface area (Å²) in [5.41, 5.74) is 16.2. The Morgan fingerprint density at radius 1 is 0.266 bits per heavy atom. The number of hydrogen-bond acceptors (Lipinski definition) is 3. The summed E-state index contributed by atoms with van der Waals surface area (Å²) in [6.07, 6.45) is 0. The van der Waals surface area contributed by atoms with Gasteiger partial charge in [0.2, 0.25) is 0 Å². The topological polar surface area (TPSA) is 24.6 Å². The predicted octanol–water partition coefficient (Wildman–Crippen LogP) is 17.0. The third kappa shape index (κ3) is 6.57. The molecule has 0 saturated heterocycles. The molecule has 302 valence electrons. The van der Waals surface area contributed by atoms with E-state index in [9.17, 15) is 0 Å². The van der Waals surface area contributed by atoms with Crippen molar-refractivity contribution >= 4 is 77.9 Å². The van der Waals surface area contributed by atoms with Crippen LogP contribution in [0.5, 0.6) is 0 Å². The van der Waals surface area contributed by atoms with Gasteiger partial charge in [0.1, 0.15) is 11.2 Å². The maximum atomic E-state index is 6.56. The molecule has 0 fully saturated rings. The number of rotatable bonds is 9. The molecular weight excluding hydrogens is 779 g/mol. The average Bonchev–Trinajstić information content (AvgIpc) is 3.90. The highest BCUT2D eigenvalue weighted by molar-refractivity contribution is 6.11. The fourth-order valence-electron chi connectivity index (χ4n) is 9.34. The van der Waals surface area contributed by atoms with Gasteiger partial charge in [-0.2, -0.15) is 0 Å². The van der Waals surface area contributed by atoms with Crippen LogP contribution in [0, 0.1) is 0 Å². The SMILES string of the molecule is c1ccc(-c2ccc(N(c3cccc(N(c4ccccc4)c4ccccc4)c3)c3ccc4oc5ccc(-c6ccc7c8ccccc8n(-c8ccccc8)c7c6)cc5c4c3)cc2)cc1. The first-order valence-corrected chi connectivity index (χ1v) is 21.7. The number of anilines is 6. The molecule has 4 heteroatoms. The van der Waals surface area contributed by atoms with Gasteiger partial charge < -0.3 is 18.8 Å². The van der Waals surface area contributed by atoms with Crippen LogP contribution in [0.15, 0.2) is 253 Å². The molecule has 2 aromatic heterocycles. The second kappa shape index (κ2) is 15.7. The maximum Gasteiger partial charge on any atom is 0.135 e. The summed E-state index contributed by atoms with van der Waals surface area (Å²) in [5, 5.41) is 4.62. The summed E-state index contributed by atoms with van der Waals surface area (Å²) in [4.78, 5) is 4.66.